The predicted molar refractivity (Wildman–Crippen MR) is 130 cm³/mol. The summed E-state index contributed by atoms with van der Waals surface area (Å²) in [5.41, 5.74) is 0.627. The van der Waals surface area contributed by atoms with Crippen molar-refractivity contribution in [3.05, 3.63) is 0 Å². The number of esters is 1. The highest BCUT2D eigenvalue weighted by atomic mass is 16.5. The Labute approximate surface area is 197 Å². The summed E-state index contributed by atoms with van der Waals surface area (Å²) in [5, 5.41) is 9.62. The zero-order valence-corrected chi connectivity index (χ0v) is 21.9. The Morgan fingerprint density at radius 3 is 1.94 bits per heavy atom. The van der Waals surface area contributed by atoms with Gasteiger partial charge in [-0.25, -0.2) is 0 Å². The first kappa shape index (κ1) is 27.2. The van der Waals surface area contributed by atoms with Crippen LogP contribution in [0, 0.1) is 40.4 Å². The van der Waals surface area contributed by atoms with Crippen LogP contribution in [0.2, 0.25) is 0 Å². The molecular formula is C28H50O4. The van der Waals surface area contributed by atoms with Gasteiger partial charge in [-0.2, -0.15) is 0 Å². The molecule has 0 saturated heterocycles. The fourth-order valence-electron chi connectivity index (χ4n) is 6.29. The van der Waals surface area contributed by atoms with E-state index in [1.807, 2.05) is 0 Å². The third-order valence-corrected chi connectivity index (χ3v) is 8.08. The Hall–Kier alpha value is -1.06. The van der Waals surface area contributed by atoms with Crippen LogP contribution < -0.4 is 0 Å². The predicted octanol–water partition coefficient (Wildman–Crippen LogP) is 7.49. The molecule has 0 aromatic rings. The molecule has 4 unspecified atom stereocenters. The fraction of sp³-hybridized carbons (Fsp3) is 0.929. The van der Waals surface area contributed by atoms with Gasteiger partial charge in [0.2, 0.25) is 0 Å². The van der Waals surface area contributed by atoms with Gasteiger partial charge in [0.1, 0.15) is 6.10 Å². The molecule has 0 heterocycles. The Morgan fingerprint density at radius 2 is 1.44 bits per heavy atom. The molecule has 1 N–H and O–H groups in total. The number of carboxylic acids is 1. The minimum absolute atomic E-state index is 0.0674. The first-order chi connectivity index (χ1) is 14.8. The molecule has 186 valence electrons. The molecule has 2 aliphatic carbocycles. The second-order valence-electron chi connectivity index (χ2n) is 13.2. The standard InChI is InChI=1S/C28H50O4/c1-19(18-27(2,3)4)12-17-24(20-13-15-21(16-14-20)28(5,6)7)32-26(31)23-11-9-8-10-22(23)25(29)30/h19-24H,8-18H2,1-7H3,(H,29,30). The third kappa shape index (κ3) is 8.37. The van der Waals surface area contributed by atoms with Gasteiger partial charge >= 0.3 is 11.9 Å². The Morgan fingerprint density at radius 1 is 0.875 bits per heavy atom. The number of ether oxygens (including phenoxy) is 1. The second-order valence-corrected chi connectivity index (χ2v) is 13.2. The summed E-state index contributed by atoms with van der Waals surface area (Å²) >= 11 is 0. The van der Waals surface area contributed by atoms with Crippen molar-refractivity contribution >= 4 is 11.9 Å². The maximum atomic E-state index is 13.2. The summed E-state index contributed by atoms with van der Waals surface area (Å²) < 4.78 is 6.21. The molecule has 4 atom stereocenters. The van der Waals surface area contributed by atoms with E-state index in [2.05, 4.69) is 48.5 Å². The molecule has 0 aromatic carbocycles. The van der Waals surface area contributed by atoms with Crippen LogP contribution in [-0.4, -0.2) is 23.1 Å². The molecule has 2 saturated carbocycles. The summed E-state index contributed by atoms with van der Waals surface area (Å²) in [6.07, 6.45) is 10.7. The molecule has 0 amide bonds. The lowest BCUT2D eigenvalue weighted by atomic mass is 9.68. The molecule has 2 rings (SSSR count). The van der Waals surface area contributed by atoms with E-state index in [4.69, 9.17) is 4.74 Å². The number of hydrogen-bond donors (Lipinski definition) is 1. The van der Waals surface area contributed by atoms with E-state index in [1.54, 1.807) is 0 Å². The highest BCUT2D eigenvalue weighted by molar-refractivity contribution is 5.81. The van der Waals surface area contributed by atoms with Crippen LogP contribution in [0.15, 0.2) is 0 Å². The third-order valence-electron chi connectivity index (χ3n) is 8.08. The quantitative estimate of drug-likeness (QED) is 0.389. The Kier molecular flexibility index (Phi) is 9.67. The normalized spacial score (nSPS) is 29.2. The Bertz CT molecular complexity index is 604. The topological polar surface area (TPSA) is 63.6 Å². The van der Waals surface area contributed by atoms with Gasteiger partial charge in [0.25, 0.3) is 0 Å². The monoisotopic (exact) mass is 450 g/mol. The van der Waals surface area contributed by atoms with Crippen molar-refractivity contribution in [2.24, 2.45) is 40.4 Å². The average molecular weight is 451 g/mol. The summed E-state index contributed by atoms with van der Waals surface area (Å²) in [4.78, 5) is 24.9. The van der Waals surface area contributed by atoms with E-state index in [1.165, 1.54) is 12.8 Å². The lowest BCUT2D eigenvalue weighted by Gasteiger charge is -2.40. The smallest absolute Gasteiger partial charge is 0.310 e. The maximum absolute atomic E-state index is 13.2. The minimum atomic E-state index is -0.840. The van der Waals surface area contributed by atoms with Crippen molar-refractivity contribution in [2.45, 2.75) is 125 Å². The highest BCUT2D eigenvalue weighted by Gasteiger charge is 2.40. The molecule has 0 aromatic heterocycles. The Balaban J connectivity index is 2.06. The molecule has 0 spiro atoms. The number of carboxylic acid groups (broad SMARTS) is 1. The van der Waals surface area contributed by atoms with E-state index in [0.29, 0.717) is 35.5 Å². The largest absolute Gasteiger partial charge is 0.481 e. The fourth-order valence-corrected chi connectivity index (χ4v) is 6.29. The number of rotatable bonds is 8. The lowest BCUT2D eigenvalue weighted by Crippen LogP contribution is -2.39. The van der Waals surface area contributed by atoms with Gasteiger partial charge < -0.3 is 9.84 Å². The number of carbonyl (C=O) groups is 2. The van der Waals surface area contributed by atoms with Crippen molar-refractivity contribution in [3.63, 3.8) is 0 Å². The van der Waals surface area contributed by atoms with Gasteiger partial charge in [-0.1, -0.05) is 61.3 Å². The van der Waals surface area contributed by atoms with Crippen LogP contribution in [0.4, 0.5) is 0 Å². The molecule has 2 aliphatic rings. The summed E-state index contributed by atoms with van der Waals surface area (Å²) in [7, 11) is 0. The van der Waals surface area contributed by atoms with E-state index < -0.39 is 17.8 Å². The van der Waals surface area contributed by atoms with Crippen LogP contribution in [0.25, 0.3) is 0 Å². The number of aliphatic carboxylic acids is 1. The van der Waals surface area contributed by atoms with E-state index in [0.717, 1.165) is 50.9 Å². The number of hydrogen-bond acceptors (Lipinski definition) is 3. The van der Waals surface area contributed by atoms with E-state index in [-0.39, 0.29) is 12.1 Å². The van der Waals surface area contributed by atoms with Gasteiger partial charge in [-0.3, -0.25) is 9.59 Å². The maximum Gasteiger partial charge on any atom is 0.310 e. The number of carbonyl (C=O) groups excluding carboxylic acids is 1. The molecular weight excluding hydrogens is 400 g/mol. The summed E-state index contributed by atoms with van der Waals surface area (Å²) in [5.74, 6) is -0.411. The van der Waals surface area contributed by atoms with Gasteiger partial charge in [0.05, 0.1) is 11.8 Å². The van der Waals surface area contributed by atoms with Crippen LogP contribution in [0.5, 0.6) is 0 Å². The minimum Gasteiger partial charge on any atom is -0.481 e. The van der Waals surface area contributed by atoms with Crippen molar-refractivity contribution in [1.29, 1.82) is 0 Å². The summed E-state index contributed by atoms with van der Waals surface area (Å²) in [6, 6.07) is 0. The molecule has 4 heteroatoms. The van der Waals surface area contributed by atoms with Crippen molar-refractivity contribution in [1.82, 2.24) is 0 Å². The van der Waals surface area contributed by atoms with E-state index in [9.17, 15) is 14.7 Å². The van der Waals surface area contributed by atoms with Crippen molar-refractivity contribution in [3.8, 4) is 0 Å². The highest BCUT2D eigenvalue weighted by Crippen LogP contribution is 2.42. The van der Waals surface area contributed by atoms with Gasteiger partial charge in [0, 0.05) is 0 Å². The van der Waals surface area contributed by atoms with Crippen LogP contribution >= 0.6 is 0 Å². The average Bonchev–Trinajstić information content (AvgIpc) is 2.69. The first-order valence-corrected chi connectivity index (χ1v) is 13.2. The molecule has 0 radical (unpaired) electrons. The van der Waals surface area contributed by atoms with Crippen LogP contribution in [0.3, 0.4) is 0 Å². The summed E-state index contributed by atoms with van der Waals surface area (Å²) in [6.45, 7) is 16.1. The van der Waals surface area contributed by atoms with Gasteiger partial charge in [-0.15, -0.1) is 0 Å². The zero-order chi connectivity index (χ0) is 24.1. The van der Waals surface area contributed by atoms with Crippen LogP contribution in [0.1, 0.15) is 119 Å². The molecule has 4 nitrogen and oxygen atoms in total. The lowest BCUT2D eigenvalue weighted by molar-refractivity contribution is -0.167. The first-order valence-electron chi connectivity index (χ1n) is 13.2. The van der Waals surface area contributed by atoms with E-state index >= 15 is 0 Å². The molecule has 32 heavy (non-hydrogen) atoms. The zero-order valence-electron chi connectivity index (χ0n) is 21.9. The molecule has 2 fully saturated rings. The van der Waals surface area contributed by atoms with Crippen LogP contribution in [-0.2, 0) is 14.3 Å². The molecule has 0 aliphatic heterocycles. The van der Waals surface area contributed by atoms with Crippen molar-refractivity contribution < 1.29 is 19.4 Å². The van der Waals surface area contributed by atoms with Crippen molar-refractivity contribution in [2.75, 3.05) is 0 Å². The van der Waals surface area contributed by atoms with Gasteiger partial charge in [0.15, 0.2) is 0 Å². The molecule has 0 bridgehead atoms. The SMILES string of the molecule is CC(CCC(OC(=O)C1CCCCC1C(=O)O)C1CCC(C(C)(C)C)CC1)CC(C)(C)C. The second kappa shape index (κ2) is 11.4. The van der Waals surface area contributed by atoms with Gasteiger partial charge in [-0.05, 0) is 86.4 Å².